The van der Waals surface area contributed by atoms with Crippen LogP contribution in [0.2, 0.25) is 5.02 Å². The van der Waals surface area contributed by atoms with Crippen molar-refractivity contribution in [3.05, 3.63) is 74.5 Å². The Morgan fingerprint density at radius 2 is 1.95 bits per heavy atom. The molecule has 0 bridgehead atoms. The van der Waals surface area contributed by atoms with Gasteiger partial charge in [-0.05, 0) is 18.2 Å². The summed E-state index contributed by atoms with van der Waals surface area (Å²) in [6, 6.07) is 9.59. The molecule has 0 unspecified atom stereocenters. The summed E-state index contributed by atoms with van der Waals surface area (Å²) in [7, 11) is 0. The number of hydrogen-bond acceptors (Lipinski definition) is 3. The Balaban J connectivity index is 2.30. The zero-order chi connectivity index (χ0) is 14.7. The molecule has 2 rings (SSSR count). The molecule has 0 aliphatic heterocycles. The third kappa shape index (κ3) is 3.00. The van der Waals surface area contributed by atoms with E-state index in [1.807, 2.05) is 0 Å². The number of hydrogen-bond donors (Lipinski definition) is 0. The molecule has 0 aliphatic carbocycles. The molecule has 0 saturated carbocycles. The summed E-state index contributed by atoms with van der Waals surface area (Å²) in [5, 5.41) is 11.0. The van der Waals surface area contributed by atoms with E-state index < -0.39 is 16.5 Å². The van der Waals surface area contributed by atoms with Crippen LogP contribution in [0.4, 0.5) is 10.1 Å². The SMILES string of the molecule is O=C(Cc1ccccc1[N+](=O)[O-])c1ccc(Cl)cc1F. The van der Waals surface area contributed by atoms with Gasteiger partial charge in [0.25, 0.3) is 5.69 Å². The van der Waals surface area contributed by atoms with Gasteiger partial charge in [-0.15, -0.1) is 0 Å². The summed E-state index contributed by atoms with van der Waals surface area (Å²) in [5.41, 5.74) is -0.0420. The number of halogens is 2. The first kappa shape index (κ1) is 14.1. The van der Waals surface area contributed by atoms with Crippen LogP contribution in [0.1, 0.15) is 15.9 Å². The molecule has 2 aromatic carbocycles. The maximum absolute atomic E-state index is 13.6. The van der Waals surface area contributed by atoms with Crippen molar-refractivity contribution >= 4 is 23.1 Å². The fraction of sp³-hybridized carbons (Fsp3) is 0.0714. The van der Waals surface area contributed by atoms with Crippen LogP contribution in [0.5, 0.6) is 0 Å². The van der Waals surface area contributed by atoms with Crippen LogP contribution in [0.25, 0.3) is 0 Å². The predicted molar refractivity (Wildman–Crippen MR) is 72.5 cm³/mol. The minimum absolute atomic E-state index is 0.132. The molecule has 0 radical (unpaired) electrons. The topological polar surface area (TPSA) is 60.2 Å². The maximum Gasteiger partial charge on any atom is 0.273 e. The molecule has 0 spiro atoms. The van der Waals surface area contributed by atoms with Crippen molar-refractivity contribution in [2.75, 3.05) is 0 Å². The van der Waals surface area contributed by atoms with Crippen LogP contribution < -0.4 is 0 Å². The smallest absolute Gasteiger partial charge is 0.273 e. The highest BCUT2D eigenvalue weighted by atomic mass is 35.5. The Morgan fingerprint density at radius 3 is 2.60 bits per heavy atom. The van der Waals surface area contributed by atoms with Gasteiger partial charge in [0.2, 0.25) is 0 Å². The first-order chi connectivity index (χ1) is 9.49. The van der Waals surface area contributed by atoms with Gasteiger partial charge in [0.05, 0.1) is 10.5 Å². The first-order valence-electron chi connectivity index (χ1n) is 5.69. The van der Waals surface area contributed by atoms with Crippen molar-refractivity contribution in [3.8, 4) is 0 Å². The van der Waals surface area contributed by atoms with Gasteiger partial charge >= 0.3 is 0 Å². The Labute approximate surface area is 119 Å². The van der Waals surface area contributed by atoms with E-state index in [-0.39, 0.29) is 28.3 Å². The fourth-order valence-electron chi connectivity index (χ4n) is 1.82. The van der Waals surface area contributed by atoms with Crippen LogP contribution in [0, 0.1) is 15.9 Å². The van der Waals surface area contributed by atoms with Crippen molar-refractivity contribution in [2.45, 2.75) is 6.42 Å². The minimum atomic E-state index is -0.735. The lowest BCUT2D eigenvalue weighted by atomic mass is 10.0. The molecule has 6 heteroatoms. The summed E-state index contributed by atoms with van der Waals surface area (Å²) < 4.78 is 13.6. The number of nitro benzene ring substituents is 1. The van der Waals surface area contributed by atoms with E-state index in [0.29, 0.717) is 0 Å². The summed E-state index contributed by atoms with van der Waals surface area (Å²) in [4.78, 5) is 22.3. The molecule has 102 valence electrons. The second kappa shape index (κ2) is 5.79. The van der Waals surface area contributed by atoms with E-state index in [0.717, 1.165) is 6.07 Å². The quantitative estimate of drug-likeness (QED) is 0.489. The lowest BCUT2D eigenvalue weighted by molar-refractivity contribution is -0.385. The summed E-state index contributed by atoms with van der Waals surface area (Å²) >= 11 is 5.61. The molecule has 20 heavy (non-hydrogen) atoms. The third-order valence-corrected chi connectivity index (χ3v) is 3.01. The van der Waals surface area contributed by atoms with E-state index in [1.165, 1.54) is 30.3 Å². The van der Waals surface area contributed by atoms with Crippen molar-refractivity contribution in [1.82, 2.24) is 0 Å². The number of carbonyl (C=O) groups is 1. The molecule has 0 saturated heterocycles. The van der Waals surface area contributed by atoms with Gasteiger partial charge in [0.1, 0.15) is 5.82 Å². The third-order valence-electron chi connectivity index (χ3n) is 2.77. The average molecular weight is 294 g/mol. The Kier molecular flexibility index (Phi) is 4.10. The van der Waals surface area contributed by atoms with Crippen LogP contribution in [0.3, 0.4) is 0 Å². The Hall–Kier alpha value is -2.27. The Bertz CT molecular complexity index is 688. The summed E-state index contributed by atoms with van der Waals surface area (Å²) in [5.74, 6) is -1.27. The van der Waals surface area contributed by atoms with E-state index in [9.17, 15) is 19.3 Å². The zero-order valence-electron chi connectivity index (χ0n) is 10.2. The molecule has 4 nitrogen and oxygen atoms in total. The van der Waals surface area contributed by atoms with Crippen molar-refractivity contribution in [1.29, 1.82) is 0 Å². The number of ketones is 1. The zero-order valence-corrected chi connectivity index (χ0v) is 10.9. The summed E-state index contributed by atoms with van der Waals surface area (Å²) in [6.07, 6.45) is -0.240. The van der Waals surface area contributed by atoms with Gasteiger partial charge in [-0.3, -0.25) is 14.9 Å². The number of para-hydroxylation sites is 1. The molecule has 0 aromatic heterocycles. The van der Waals surface area contributed by atoms with Gasteiger partial charge in [-0.1, -0.05) is 29.8 Å². The highest BCUT2D eigenvalue weighted by Crippen LogP contribution is 2.21. The van der Waals surface area contributed by atoms with Crippen LogP contribution in [0.15, 0.2) is 42.5 Å². The van der Waals surface area contributed by atoms with Gasteiger partial charge in [-0.2, -0.15) is 0 Å². The van der Waals surface area contributed by atoms with Gasteiger partial charge in [-0.25, -0.2) is 4.39 Å². The lowest BCUT2D eigenvalue weighted by Crippen LogP contribution is -2.07. The molecule has 0 N–H and O–H groups in total. The molecular formula is C14H9ClFNO3. The number of nitrogens with zero attached hydrogens (tertiary/aromatic N) is 1. The van der Waals surface area contributed by atoms with E-state index in [2.05, 4.69) is 0 Å². The van der Waals surface area contributed by atoms with Crippen molar-refractivity contribution in [3.63, 3.8) is 0 Å². The molecule has 0 atom stereocenters. The predicted octanol–water partition coefficient (Wildman–Crippen LogP) is 3.81. The van der Waals surface area contributed by atoms with Crippen LogP contribution in [-0.2, 0) is 6.42 Å². The Morgan fingerprint density at radius 1 is 1.25 bits per heavy atom. The second-order valence-electron chi connectivity index (χ2n) is 4.11. The van der Waals surface area contributed by atoms with E-state index in [4.69, 9.17) is 11.6 Å². The van der Waals surface area contributed by atoms with Crippen molar-refractivity contribution in [2.24, 2.45) is 0 Å². The number of Topliss-reactive ketones (excluding diaryl/α,β-unsaturated/α-hetero) is 1. The maximum atomic E-state index is 13.6. The van der Waals surface area contributed by atoms with Crippen LogP contribution >= 0.6 is 11.6 Å². The standard InChI is InChI=1S/C14H9ClFNO3/c15-10-5-6-11(12(16)8-10)14(18)7-9-3-1-2-4-13(9)17(19)20/h1-6,8H,7H2. The first-order valence-corrected chi connectivity index (χ1v) is 6.07. The average Bonchev–Trinajstić information content (AvgIpc) is 2.38. The monoisotopic (exact) mass is 293 g/mol. The largest absolute Gasteiger partial charge is 0.294 e. The van der Waals surface area contributed by atoms with E-state index in [1.54, 1.807) is 6.07 Å². The highest BCUT2D eigenvalue weighted by Gasteiger charge is 2.18. The molecular weight excluding hydrogens is 285 g/mol. The van der Waals surface area contributed by atoms with Crippen LogP contribution in [-0.4, -0.2) is 10.7 Å². The molecule has 0 fully saturated rings. The summed E-state index contributed by atoms with van der Waals surface area (Å²) in [6.45, 7) is 0. The number of carbonyl (C=O) groups excluding carboxylic acids is 1. The minimum Gasteiger partial charge on any atom is -0.294 e. The van der Waals surface area contributed by atoms with E-state index >= 15 is 0 Å². The molecule has 0 heterocycles. The number of nitro groups is 1. The fourth-order valence-corrected chi connectivity index (χ4v) is 1.98. The van der Waals surface area contributed by atoms with Gasteiger partial charge in [0, 0.05) is 23.1 Å². The van der Waals surface area contributed by atoms with Gasteiger partial charge in [0.15, 0.2) is 5.78 Å². The second-order valence-corrected chi connectivity index (χ2v) is 4.55. The molecule has 0 aliphatic rings. The molecule has 2 aromatic rings. The lowest BCUT2D eigenvalue weighted by Gasteiger charge is -2.04. The molecule has 0 amide bonds. The highest BCUT2D eigenvalue weighted by molar-refractivity contribution is 6.30. The number of benzene rings is 2. The van der Waals surface area contributed by atoms with Crippen molar-refractivity contribution < 1.29 is 14.1 Å². The van der Waals surface area contributed by atoms with Gasteiger partial charge < -0.3 is 0 Å². The normalized spacial score (nSPS) is 10.3. The number of rotatable bonds is 4.